The lowest BCUT2D eigenvalue weighted by Gasteiger charge is -2.21. The summed E-state index contributed by atoms with van der Waals surface area (Å²) >= 11 is 0. The van der Waals surface area contributed by atoms with Crippen LogP contribution in [-0.2, 0) is 65.4 Å². The number of aliphatic hydroxyl groups excluding tert-OH is 1. The molecule has 0 saturated carbocycles. The summed E-state index contributed by atoms with van der Waals surface area (Å²) in [5.74, 6) is 0.935. The predicted molar refractivity (Wildman–Crippen MR) is 386 cm³/mol. The third-order valence-corrected chi connectivity index (χ3v) is 19.8. The molecule has 17 nitrogen and oxygen atoms in total. The maximum atomic E-state index is 13.1. The van der Waals surface area contributed by atoms with Gasteiger partial charge >= 0.3 is 39.5 Å². The number of hydrogen-bond donors (Lipinski definition) is 3. The standard InChI is InChI=1S/C76H148O17P2/c1-9-69(8)55-47-39-34-35-41-49-57-74(79)87-63-72(93-76(81)59-51-43-33-27-21-20-24-30-38-46-54-68(6)7)65-91-95(84,85)89-61-70(77)60-88-94(82,83)90-64-71(62-86-73(78)56-48-40-31-25-19-15-17-23-29-37-45-53-67(4)5)92-75(80)58-50-42-32-26-18-14-12-10-11-13-16-22-28-36-44-52-66(2)3/h66-72,77H,9-65H2,1-8H3,(H,82,83)(H,84,85)/t69?,70-,71-,72-/m1/s1. The molecule has 0 aromatic carbocycles. The third-order valence-electron chi connectivity index (χ3n) is 17.9. The molecule has 0 aliphatic heterocycles. The van der Waals surface area contributed by atoms with Crippen LogP contribution < -0.4 is 0 Å². The summed E-state index contributed by atoms with van der Waals surface area (Å²) in [5, 5.41) is 10.6. The fraction of sp³-hybridized carbons (Fsp3) is 0.947. The number of carbonyl (C=O) groups is 4. The summed E-state index contributed by atoms with van der Waals surface area (Å²) in [5.41, 5.74) is 0. The molecule has 0 bridgehead atoms. The first-order valence-electron chi connectivity index (χ1n) is 39.2. The zero-order chi connectivity index (χ0) is 70.3. The van der Waals surface area contributed by atoms with E-state index >= 15 is 0 Å². The van der Waals surface area contributed by atoms with Crippen molar-refractivity contribution in [1.82, 2.24) is 0 Å². The molecule has 0 radical (unpaired) electrons. The van der Waals surface area contributed by atoms with Gasteiger partial charge in [-0.15, -0.1) is 0 Å². The van der Waals surface area contributed by atoms with Gasteiger partial charge in [0.15, 0.2) is 12.2 Å². The van der Waals surface area contributed by atoms with Crippen molar-refractivity contribution in [3.05, 3.63) is 0 Å². The van der Waals surface area contributed by atoms with Crippen LogP contribution in [0.3, 0.4) is 0 Å². The lowest BCUT2D eigenvalue weighted by molar-refractivity contribution is -0.161. The first kappa shape index (κ1) is 93.1. The van der Waals surface area contributed by atoms with Crippen molar-refractivity contribution < 1.29 is 80.2 Å². The molecule has 0 heterocycles. The van der Waals surface area contributed by atoms with Crippen molar-refractivity contribution in [1.29, 1.82) is 0 Å². The molecule has 0 spiro atoms. The number of rotatable bonds is 73. The van der Waals surface area contributed by atoms with Gasteiger partial charge in [0.2, 0.25) is 0 Å². The van der Waals surface area contributed by atoms with Crippen LogP contribution in [0.2, 0.25) is 0 Å². The zero-order valence-corrected chi connectivity index (χ0v) is 64.1. The molecule has 0 aliphatic carbocycles. The molecule has 6 atom stereocenters. The summed E-state index contributed by atoms with van der Waals surface area (Å²) in [7, 11) is -9.91. The molecule has 3 N–H and O–H groups in total. The average Bonchev–Trinajstić information content (AvgIpc) is 1.44. The fourth-order valence-electron chi connectivity index (χ4n) is 11.5. The highest BCUT2D eigenvalue weighted by Crippen LogP contribution is 2.45. The third kappa shape index (κ3) is 69.0. The number of hydrogen-bond acceptors (Lipinski definition) is 15. The lowest BCUT2D eigenvalue weighted by Crippen LogP contribution is -2.30. The molecule has 0 aromatic rings. The summed E-state index contributed by atoms with van der Waals surface area (Å²) in [6, 6.07) is 0. The Kier molecular flexibility index (Phi) is 64.0. The van der Waals surface area contributed by atoms with E-state index in [1.165, 1.54) is 180 Å². The maximum absolute atomic E-state index is 13.1. The van der Waals surface area contributed by atoms with Crippen LogP contribution in [0.5, 0.6) is 0 Å². The van der Waals surface area contributed by atoms with Gasteiger partial charge in [-0.3, -0.25) is 37.3 Å². The highest BCUT2D eigenvalue weighted by Gasteiger charge is 2.30. The Bertz CT molecular complexity index is 1870. The molecule has 0 aliphatic rings. The molecule has 0 rings (SSSR count). The quantitative estimate of drug-likeness (QED) is 0.0222. The highest BCUT2D eigenvalue weighted by molar-refractivity contribution is 7.47. The van der Waals surface area contributed by atoms with Crippen molar-refractivity contribution in [3.63, 3.8) is 0 Å². The van der Waals surface area contributed by atoms with Crippen molar-refractivity contribution in [2.75, 3.05) is 39.6 Å². The van der Waals surface area contributed by atoms with Gasteiger partial charge in [-0.25, -0.2) is 9.13 Å². The van der Waals surface area contributed by atoms with Crippen molar-refractivity contribution >= 4 is 39.5 Å². The second-order valence-corrected chi connectivity index (χ2v) is 32.0. The number of carbonyl (C=O) groups excluding carboxylic acids is 4. The van der Waals surface area contributed by atoms with Crippen LogP contribution in [-0.4, -0.2) is 96.7 Å². The van der Waals surface area contributed by atoms with E-state index in [2.05, 4.69) is 55.4 Å². The summed E-state index contributed by atoms with van der Waals surface area (Å²) in [6.45, 7) is 14.2. The molecular formula is C76H148O17P2. The number of unbranched alkanes of at least 4 members (excludes halogenated alkanes) is 38. The van der Waals surface area contributed by atoms with E-state index in [-0.39, 0.29) is 25.7 Å². The van der Waals surface area contributed by atoms with Crippen LogP contribution >= 0.6 is 15.6 Å². The van der Waals surface area contributed by atoms with Crippen molar-refractivity contribution in [2.24, 2.45) is 23.7 Å². The highest BCUT2D eigenvalue weighted by atomic mass is 31.2. The topological polar surface area (TPSA) is 237 Å². The van der Waals surface area contributed by atoms with Crippen LogP contribution in [0.15, 0.2) is 0 Å². The molecule has 0 fully saturated rings. The minimum atomic E-state index is -4.96. The molecule has 19 heteroatoms. The minimum absolute atomic E-state index is 0.105. The number of ether oxygens (including phenoxy) is 4. The van der Waals surface area contributed by atoms with Gasteiger partial charge in [-0.2, -0.15) is 0 Å². The van der Waals surface area contributed by atoms with E-state index in [1.54, 1.807) is 0 Å². The van der Waals surface area contributed by atoms with Crippen molar-refractivity contribution in [3.8, 4) is 0 Å². The number of esters is 4. The van der Waals surface area contributed by atoms with Gasteiger partial charge in [0.25, 0.3) is 0 Å². The van der Waals surface area contributed by atoms with Gasteiger partial charge < -0.3 is 33.8 Å². The van der Waals surface area contributed by atoms with E-state index in [0.29, 0.717) is 25.7 Å². The summed E-state index contributed by atoms with van der Waals surface area (Å²) < 4.78 is 68.5. The number of aliphatic hydroxyl groups is 1. The Balaban J connectivity index is 5.25. The van der Waals surface area contributed by atoms with Crippen molar-refractivity contribution in [2.45, 2.75) is 401 Å². The largest absolute Gasteiger partial charge is 0.472 e. The van der Waals surface area contributed by atoms with Gasteiger partial charge in [0.05, 0.1) is 26.4 Å². The van der Waals surface area contributed by atoms with E-state index < -0.39 is 97.5 Å². The number of phosphoric ester groups is 2. The zero-order valence-electron chi connectivity index (χ0n) is 62.3. The van der Waals surface area contributed by atoms with Crippen LogP contribution in [0.1, 0.15) is 383 Å². The van der Waals surface area contributed by atoms with E-state index in [4.69, 9.17) is 37.0 Å². The average molecular weight is 1400 g/mol. The second kappa shape index (κ2) is 65.4. The normalized spacial score (nSPS) is 14.4. The van der Waals surface area contributed by atoms with Gasteiger partial charge in [0.1, 0.15) is 19.3 Å². The SMILES string of the molecule is CCC(C)CCCCCCCCC(=O)OC[C@H](COP(=O)(O)OC[C@H](O)COP(=O)(O)OC[C@@H](COC(=O)CCCCCCCCCCCCCC(C)C)OC(=O)CCCCCCCCCCCCCCCCCC(C)C)OC(=O)CCCCCCCCCCCCC(C)C. The molecule has 0 aromatic heterocycles. The van der Waals surface area contributed by atoms with Crippen LogP contribution in [0, 0.1) is 23.7 Å². The Morgan fingerprint density at radius 1 is 0.295 bits per heavy atom. The molecule has 3 unspecified atom stereocenters. The lowest BCUT2D eigenvalue weighted by atomic mass is 10.00. The molecule has 0 amide bonds. The van der Waals surface area contributed by atoms with Gasteiger partial charge in [0, 0.05) is 25.7 Å². The Hall–Kier alpha value is -1.94. The summed E-state index contributed by atoms with van der Waals surface area (Å²) in [6.07, 6.45) is 50.0. The van der Waals surface area contributed by atoms with Crippen LogP contribution in [0.25, 0.3) is 0 Å². The fourth-order valence-corrected chi connectivity index (χ4v) is 13.1. The second-order valence-electron chi connectivity index (χ2n) is 29.1. The first-order chi connectivity index (χ1) is 45.6. The van der Waals surface area contributed by atoms with Gasteiger partial charge in [-0.05, 0) is 49.4 Å². The number of phosphoric acid groups is 2. The Labute approximate surface area is 581 Å². The summed E-state index contributed by atoms with van der Waals surface area (Å²) in [4.78, 5) is 72.8. The van der Waals surface area contributed by atoms with Crippen LogP contribution in [0.4, 0.5) is 0 Å². The smallest absolute Gasteiger partial charge is 0.462 e. The van der Waals surface area contributed by atoms with Gasteiger partial charge in [-0.1, -0.05) is 331 Å². The molecule has 564 valence electrons. The molecular weight excluding hydrogens is 1250 g/mol. The van der Waals surface area contributed by atoms with E-state index in [1.807, 2.05) is 0 Å². The maximum Gasteiger partial charge on any atom is 0.472 e. The predicted octanol–water partition coefficient (Wildman–Crippen LogP) is 22.0. The minimum Gasteiger partial charge on any atom is -0.462 e. The van der Waals surface area contributed by atoms with E-state index in [9.17, 15) is 43.2 Å². The molecule has 0 saturated heterocycles. The Morgan fingerprint density at radius 2 is 0.505 bits per heavy atom. The molecule has 95 heavy (non-hydrogen) atoms. The first-order valence-corrected chi connectivity index (χ1v) is 42.2. The monoisotopic (exact) mass is 1400 g/mol. The van der Waals surface area contributed by atoms with E-state index in [0.717, 1.165) is 120 Å². The Morgan fingerprint density at radius 3 is 0.747 bits per heavy atom.